The van der Waals surface area contributed by atoms with Gasteiger partial charge in [-0.2, -0.15) is 0 Å². The molecule has 0 atom stereocenters. The zero-order valence-electron chi connectivity index (χ0n) is 73.4. The van der Waals surface area contributed by atoms with Gasteiger partial charge in [0.1, 0.15) is 28.5 Å². The van der Waals surface area contributed by atoms with Crippen LogP contribution < -0.4 is 30.1 Å². The summed E-state index contributed by atoms with van der Waals surface area (Å²) in [5, 5.41) is 0.984. The highest BCUT2D eigenvalue weighted by Gasteiger charge is 2.43. The number of benzene rings is 13. The topological polar surface area (TPSA) is 49.0 Å². The summed E-state index contributed by atoms with van der Waals surface area (Å²) < 4.78 is 220. The van der Waals surface area contributed by atoms with Gasteiger partial charge in [0.2, 0.25) is 0 Å². The summed E-state index contributed by atoms with van der Waals surface area (Å²) >= 11 is 0. The number of pyridine rings is 1. The number of ether oxygens (including phenoxy) is 1. The Bertz CT molecular complexity index is 6930. The van der Waals surface area contributed by atoms with Gasteiger partial charge in [-0.3, -0.25) is 13.7 Å². The number of aromatic nitrogens is 4. The molecule has 462 valence electrons. The molecule has 7 heteroatoms. The standard InChI is InChI=1S/C90H66N4O2Si/c1-58-25-23-26-59(2)87(58)61-50-77(60-43-46-85-78(49-60)76-40-20-22-42-84(76)96-85)88-79(51-61)72-37-17-15-35-70(72)71-36-16-18-38-73(71)80-55-69(97(66-29-9-6-10-30-66,67-31-11-7-12-32-67)68-33-13-8-14-34-68)56-83-89(80)93(88)57-92(83)63-27-24-28-64(53-63)95-65-44-45-75-74-39-19-21-41-81(74)94(82(75)54-65)86-52-62(47-48-91-86)90(3,4)5/h6-56H,1-5H3/i1D3,2D3,6D,7D,8D,9D,10D,11D,12D,13D,14D,29D,30D,31D,32D,33D,34D. The molecule has 17 aromatic rings. The van der Waals surface area contributed by atoms with E-state index in [4.69, 9.17) is 26.5 Å². The minimum atomic E-state index is -5.98. The summed E-state index contributed by atoms with van der Waals surface area (Å²) in [6, 6.07) is 49.4. The van der Waals surface area contributed by atoms with Crippen LogP contribution >= 0.6 is 0 Å². The summed E-state index contributed by atoms with van der Waals surface area (Å²) in [5.41, 5.74) is 7.73. The molecule has 1 aliphatic rings. The number of para-hydroxylation sites is 2. The van der Waals surface area contributed by atoms with Crippen LogP contribution in [0.15, 0.2) is 314 Å². The lowest BCUT2D eigenvalue weighted by molar-refractivity contribution is -0.570. The van der Waals surface area contributed by atoms with E-state index >= 15 is 0 Å². The highest BCUT2D eigenvalue weighted by atomic mass is 28.3. The van der Waals surface area contributed by atoms with Gasteiger partial charge in [0.25, 0.3) is 6.33 Å². The third kappa shape index (κ3) is 9.36. The van der Waals surface area contributed by atoms with Crippen molar-refractivity contribution in [2.24, 2.45) is 0 Å². The van der Waals surface area contributed by atoms with E-state index in [-0.39, 0.29) is 55.2 Å². The van der Waals surface area contributed by atoms with Crippen LogP contribution in [0.3, 0.4) is 0 Å². The molecule has 0 fully saturated rings. The van der Waals surface area contributed by atoms with Crippen molar-refractivity contribution in [3.05, 3.63) is 332 Å². The Hall–Kier alpha value is -11.9. The molecule has 0 aliphatic carbocycles. The molecule has 4 aromatic heterocycles. The molecule has 0 bridgehead atoms. The van der Waals surface area contributed by atoms with Crippen LogP contribution in [0, 0.1) is 20.0 Å². The van der Waals surface area contributed by atoms with Crippen LogP contribution in [-0.2, 0) is 5.41 Å². The summed E-state index contributed by atoms with van der Waals surface area (Å²) in [6.07, 6.45) is 5.58. The van der Waals surface area contributed by atoms with E-state index in [0.717, 1.165) is 32.8 Å². The van der Waals surface area contributed by atoms with Crippen molar-refractivity contribution in [1.82, 2.24) is 14.1 Å². The number of fused-ring (bicyclic) bond motifs is 13. The Morgan fingerprint density at radius 3 is 1.75 bits per heavy atom. The summed E-state index contributed by atoms with van der Waals surface area (Å²) in [5.74, 6) is 1.36. The van der Waals surface area contributed by atoms with Crippen molar-refractivity contribution in [1.29, 1.82) is 0 Å². The van der Waals surface area contributed by atoms with E-state index in [2.05, 4.69) is 37.7 Å². The molecule has 6 nitrogen and oxygen atoms in total. The van der Waals surface area contributed by atoms with Gasteiger partial charge in [0.05, 0.1) is 54.0 Å². The maximum Gasteiger partial charge on any atom is 0.269 e. The molecular formula is C90H66N4O2Si. The first-order valence-electron chi connectivity index (χ1n) is 42.2. The zero-order chi connectivity index (χ0) is 83.2. The van der Waals surface area contributed by atoms with Crippen LogP contribution in [-0.4, -0.2) is 22.2 Å². The first-order chi connectivity index (χ1) is 56.2. The van der Waals surface area contributed by atoms with Crippen LogP contribution in [0.5, 0.6) is 11.5 Å². The largest absolute Gasteiger partial charge is 0.458 e. The average Bonchev–Trinajstić information content (AvgIpc) is 1.35. The number of nitrogens with zero attached hydrogens (tertiary/aromatic N) is 4. The molecule has 18 rings (SSSR count). The molecule has 0 N–H and O–H groups in total. The minimum absolute atomic E-state index is 0.0704. The molecule has 0 radical (unpaired) electrons. The minimum Gasteiger partial charge on any atom is -0.458 e. The quantitative estimate of drug-likeness (QED) is 0.0593. The zero-order valence-corrected chi connectivity index (χ0v) is 53.4. The van der Waals surface area contributed by atoms with Crippen LogP contribution in [0.1, 0.15) is 66.2 Å². The van der Waals surface area contributed by atoms with Gasteiger partial charge in [0, 0.05) is 42.0 Å². The second kappa shape index (κ2) is 22.7. The SMILES string of the molecule is [2H]c1c([2H])c([2H])c([Si](c2cc3c4c(c2)n(-c2cccc(Oc5ccc6c7ccccc7n(-c7cc(C(C)(C)C)ccn7)c6c5)c2)[c-][n+]4-c2c(-c4ccc5oc6ccccc6c5c4)cc(-c4c(C([2H])([2H])[2H])cccc4C([2H])([2H])[2H])cc2-c2ccccc2-c2ccccc2-3)(c2c([2H])c([2H])c([2H])c([2H])c2[2H])c2c([2H])c([2H])c([2H])c([2H])c2[2H])c([2H])c1[2H]. The fourth-order valence-corrected chi connectivity index (χ4v) is 18.2. The van der Waals surface area contributed by atoms with E-state index in [1.165, 1.54) is 18.2 Å². The molecule has 0 unspecified atom stereocenters. The van der Waals surface area contributed by atoms with Gasteiger partial charge in [-0.15, -0.1) is 0 Å². The van der Waals surface area contributed by atoms with Gasteiger partial charge in [0.15, 0.2) is 8.07 Å². The van der Waals surface area contributed by atoms with Crippen molar-refractivity contribution < 1.29 is 42.5 Å². The first kappa shape index (κ1) is 39.7. The van der Waals surface area contributed by atoms with Gasteiger partial charge >= 0.3 is 0 Å². The molecule has 0 saturated carbocycles. The van der Waals surface area contributed by atoms with Gasteiger partial charge in [-0.05, 0) is 191 Å². The summed E-state index contributed by atoms with van der Waals surface area (Å²) in [4.78, 5) is 4.91. The van der Waals surface area contributed by atoms with Crippen molar-refractivity contribution in [3.63, 3.8) is 0 Å². The monoisotopic (exact) mass is 1280 g/mol. The lowest BCUT2D eigenvalue weighted by atomic mass is 9.85. The van der Waals surface area contributed by atoms with Crippen LogP contribution in [0.25, 0.3) is 128 Å². The lowest BCUT2D eigenvalue weighted by Crippen LogP contribution is -2.74. The molecule has 1 aliphatic heterocycles. The second-order valence-electron chi connectivity index (χ2n) is 25.2. The summed E-state index contributed by atoms with van der Waals surface area (Å²) in [6.45, 7) is 0.643. The van der Waals surface area contributed by atoms with Crippen molar-refractivity contribution in [3.8, 4) is 84.3 Å². The Balaban J connectivity index is 1.04. The molecule has 13 aromatic carbocycles. The molecular weight excluding hydrogens is 1200 g/mol. The third-order valence-electron chi connectivity index (χ3n) is 18.7. The maximum atomic E-state index is 10.2. The Labute approximate surface area is 594 Å². The number of hydrogen-bond donors (Lipinski definition) is 0. The van der Waals surface area contributed by atoms with Crippen molar-refractivity contribution in [2.75, 3.05) is 0 Å². The van der Waals surface area contributed by atoms with E-state index in [9.17, 15) is 16.4 Å². The fraction of sp³-hybridized carbons (Fsp3) is 0.0667. The number of rotatable bonds is 10. The molecule has 5 heterocycles. The predicted octanol–water partition coefficient (Wildman–Crippen LogP) is 19.8. The lowest BCUT2D eigenvalue weighted by Gasteiger charge is -2.35. The highest BCUT2D eigenvalue weighted by Crippen LogP contribution is 2.48. The molecule has 97 heavy (non-hydrogen) atoms. The van der Waals surface area contributed by atoms with Crippen LogP contribution in [0.2, 0.25) is 0 Å². The summed E-state index contributed by atoms with van der Waals surface area (Å²) in [7, 11) is -5.98. The molecule has 0 saturated heterocycles. The number of hydrogen-bond acceptors (Lipinski definition) is 3. The number of imidazole rings is 1. The average molecular weight is 1280 g/mol. The molecule has 0 amide bonds. The predicted molar refractivity (Wildman–Crippen MR) is 402 cm³/mol. The normalized spacial score (nSPS) is 15.5. The fourth-order valence-electron chi connectivity index (χ4n) is 14.3. The second-order valence-corrected chi connectivity index (χ2v) is 28.8. The van der Waals surface area contributed by atoms with Crippen molar-refractivity contribution in [2.45, 2.75) is 39.9 Å². The number of furan rings is 1. The number of aryl methyl sites for hydroxylation is 2. The van der Waals surface area contributed by atoms with E-state index in [1.54, 1.807) is 76.0 Å². The first-order valence-corrected chi connectivity index (χ1v) is 33.7. The smallest absolute Gasteiger partial charge is 0.269 e. The van der Waals surface area contributed by atoms with E-state index in [1.807, 2.05) is 127 Å². The van der Waals surface area contributed by atoms with Gasteiger partial charge in [-0.25, -0.2) is 4.98 Å². The van der Waals surface area contributed by atoms with E-state index < -0.39 is 128 Å². The molecule has 0 spiro atoms. The van der Waals surface area contributed by atoms with Gasteiger partial charge in [-0.1, -0.05) is 239 Å². The Morgan fingerprint density at radius 1 is 0.464 bits per heavy atom. The highest BCUT2D eigenvalue weighted by molar-refractivity contribution is 7.20. The maximum absolute atomic E-state index is 10.2. The van der Waals surface area contributed by atoms with Crippen LogP contribution in [0.4, 0.5) is 0 Å². The Kier molecular flexibility index (Phi) is 9.28. The van der Waals surface area contributed by atoms with Crippen molar-refractivity contribution >= 4 is 83.6 Å². The third-order valence-corrected chi connectivity index (χ3v) is 22.9. The van der Waals surface area contributed by atoms with E-state index in [0.29, 0.717) is 78.4 Å². The Morgan fingerprint density at radius 2 is 1.06 bits per heavy atom. The van der Waals surface area contributed by atoms with Gasteiger partial charge < -0.3 is 9.15 Å².